The van der Waals surface area contributed by atoms with Crippen LogP contribution in [0, 0.1) is 18.3 Å². The van der Waals surface area contributed by atoms with Crippen LogP contribution in [0.3, 0.4) is 0 Å². The zero-order valence-electron chi connectivity index (χ0n) is 14.1. The molecule has 27 heavy (non-hydrogen) atoms. The zero-order valence-corrected chi connectivity index (χ0v) is 14.1. The first-order valence-electron chi connectivity index (χ1n) is 7.85. The number of phenols is 1. The molecule has 0 saturated heterocycles. The van der Waals surface area contributed by atoms with E-state index in [4.69, 9.17) is 5.73 Å². The Hall–Kier alpha value is -3.47. The number of rotatable bonds is 3. The van der Waals surface area contributed by atoms with Crippen molar-refractivity contribution < 1.29 is 23.1 Å². The van der Waals surface area contributed by atoms with Crippen molar-refractivity contribution in [3.8, 4) is 22.9 Å². The summed E-state index contributed by atoms with van der Waals surface area (Å²) in [5, 5.41) is 19.6. The van der Waals surface area contributed by atoms with Gasteiger partial charge in [-0.3, -0.25) is 4.79 Å². The van der Waals surface area contributed by atoms with Gasteiger partial charge in [0.1, 0.15) is 24.1 Å². The molecule has 0 unspecified atom stereocenters. The number of alkyl halides is 3. The van der Waals surface area contributed by atoms with Gasteiger partial charge in [0, 0.05) is 10.9 Å². The highest BCUT2D eigenvalue weighted by atomic mass is 19.4. The maximum atomic E-state index is 13.0. The molecule has 1 amide bonds. The minimum absolute atomic E-state index is 0.000332. The van der Waals surface area contributed by atoms with Gasteiger partial charge < -0.3 is 15.4 Å². The topological polar surface area (TPSA) is 92.0 Å². The van der Waals surface area contributed by atoms with Gasteiger partial charge in [0.2, 0.25) is 5.91 Å². The number of nitrogens with two attached hydrogens (primary N) is 1. The number of benzene rings is 2. The van der Waals surface area contributed by atoms with E-state index in [0.29, 0.717) is 22.1 Å². The van der Waals surface area contributed by atoms with Crippen LogP contribution in [0.5, 0.6) is 5.75 Å². The van der Waals surface area contributed by atoms with E-state index in [1.54, 1.807) is 25.1 Å². The maximum absolute atomic E-state index is 13.0. The standard InChI is InChI=1S/C19H14F3N3O2/c1-10-13(3-2-4-17(10)26)14-5-11(18(24)27)6-16-15(14)7-12(8-23)25(16)9-19(20,21)22/h2-7,26H,9H2,1H3,(H2,24,27). The third kappa shape index (κ3) is 3.31. The van der Waals surface area contributed by atoms with Crippen LogP contribution >= 0.6 is 0 Å². The summed E-state index contributed by atoms with van der Waals surface area (Å²) < 4.78 is 39.8. The van der Waals surface area contributed by atoms with E-state index in [0.717, 1.165) is 4.57 Å². The number of amides is 1. The molecule has 0 atom stereocenters. The first kappa shape index (κ1) is 18.3. The van der Waals surface area contributed by atoms with Gasteiger partial charge in [0.25, 0.3) is 0 Å². The highest BCUT2D eigenvalue weighted by molar-refractivity contribution is 6.04. The van der Waals surface area contributed by atoms with Crippen LogP contribution in [-0.4, -0.2) is 21.8 Å². The van der Waals surface area contributed by atoms with Gasteiger partial charge in [-0.15, -0.1) is 0 Å². The molecule has 0 aliphatic rings. The van der Waals surface area contributed by atoms with E-state index >= 15 is 0 Å². The Morgan fingerprint density at radius 2 is 1.96 bits per heavy atom. The number of aromatic hydroxyl groups is 1. The van der Waals surface area contributed by atoms with Crippen LogP contribution < -0.4 is 5.73 Å². The SMILES string of the molecule is Cc1c(O)cccc1-c1cc(C(N)=O)cc2c1cc(C#N)n2CC(F)(F)F. The van der Waals surface area contributed by atoms with Gasteiger partial charge in [-0.1, -0.05) is 12.1 Å². The van der Waals surface area contributed by atoms with Crippen molar-refractivity contribution in [2.24, 2.45) is 5.73 Å². The van der Waals surface area contributed by atoms with Crippen LogP contribution in [0.2, 0.25) is 0 Å². The van der Waals surface area contributed by atoms with Crippen molar-refractivity contribution in [1.82, 2.24) is 4.57 Å². The molecule has 0 aliphatic carbocycles. The Morgan fingerprint density at radius 3 is 2.56 bits per heavy atom. The molecule has 1 aromatic heterocycles. The Bertz CT molecular complexity index is 1110. The summed E-state index contributed by atoms with van der Waals surface area (Å²) >= 11 is 0. The molecule has 8 heteroatoms. The summed E-state index contributed by atoms with van der Waals surface area (Å²) in [6.45, 7) is 0.269. The molecule has 3 aromatic rings. The fourth-order valence-corrected chi connectivity index (χ4v) is 3.08. The Labute approximate surface area is 152 Å². The number of phenolic OH excluding ortho intramolecular Hbond substituents is 1. The minimum atomic E-state index is -4.55. The number of hydrogen-bond donors (Lipinski definition) is 2. The molecular weight excluding hydrogens is 359 g/mol. The number of aromatic nitrogens is 1. The van der Waals surface area contributed by atoms with Crippen molar-refractivity contribution in [3.05, 3.63) is 53.2 Å². The number of primary amides is 1. The van der Waals surface area contributed by atoms with Crippen molar-refractivity contribution in [2.45, 2.75) is 19.6 Å². The van der Waals surface area contributed by atoms with Gasteiger partial charge in [-0.2, -0.15) is 18.4 Å². The lowest BCUT2D eigenvalue weighted by atomic mass is 9.95. The summed E-state index contributed by atoms with van der Waals surface area (Å²) in [5.41, 5.74) is 6.66. The molecule has 0 bridgehead atoms. The van der Waals surface area contributed by atoms with Crippen molar-refractivity contribution in [1.29, 1.82) is 5.26 Å². The number of nitriles is 1. The molecule has 0 radical (unpaired) electrons. The fourth-order valence-electron chi connectivity index (χ4n) is 3.08. The maximum Gasteiger partial charge on any atom is 0.406 e. The molecule has 5 nitrogen and oxygen atoms in total. The van der Waals surface area contributed by atoms with Gasteiger partial charge in [-0.25, -0.2) is 0 Å². The largest absolute Gasteiger partial charge is 0.508 e. The van der Waals surface area contributed by atoms with Gasteiger partial charge in [-0.05, 0) is 47.9 Å². The Morgan fingerprint density at radius 1 is 1.26 bits per heavy atom. The molecule has 0 spiro atoms. The number of hydrogen-bond acceptors (Lipinski definition) is 3. The molecule has 1 heterocycles. The van der Waals surface area contributed by atoms with E-state index in [-0.39, 0.29) is 22.5 Å². The van der Waals surface area contributed by atoms with Gasteiger partial charge in [0.05, 0.1) is 5.52 Å². The predicted octanol–water partition coefficient (Wildman–Crippen LogP) is 3.86. The molecule has 138 valence electrons. The third-order valence-corrected chi connectivity index (χ3v) is 4.35. The first-order valence-corrected chi connectivity index (χ1v) is 7.85. The van der Waals surface area contributed by atoms with Crippen LogP contribution in [0.4, 0.5) is 13.2 Å². The summed E-state index contributed by atoms with van der Waals surface area (Å²) in [5.74, 6) is -0.811. The second kappa shape index (κ2) is 6.36. The Kier molecular flexibility index (Phi) is 4.31. The highest BCUT2D eigenvalue weighted by Gasteiger charge is 2.30. The second-order valence-corrected chi connectivity index (χ2v) is 6.11. The molecule has 0 fully saturated rings. The van der Waals surface area contributed by atoms with E-state index in [2.05, 4.69) is 0 Å². The quantitative estimate of drug-likeness (QED) is 0.730. The lowest BCUT2D eigenvalue weighted by molar-refractivity contribution is -0.140. The van der Waals surface area contributed by atoms with E-state index in [1.807, 2.05) is 0 Å². The molecule has 0 saturated carbocycles. The third-order valence-electron chi connectivity index (χ3n) is 4.35. The summed E-state index contributed by atoms with van der Waals surface area (Å²) in [6, 6.07) is 10.5. The normalized spacial score (nSPS) is 11.5. The average Bonchev–Trinajstić information content (AvgIpc) is 2.92. The van der Waals surface area contributed by atoms with Crippen LogP contribution in [-0.2, 0) is 6.54 Å². The molecule has 0 aliphatic heterocycles. The number of fused-ring (bicyclic) bond motifs is 1. The van der Waals surface area contributed by atoms with Gasteiger partial charge >= 0.3 is 6.18 Å². The van der Waals surface area contributed by atoms with E-state index < -0.39 is 18.6 Å². The summed E-state index contributed by atoms with van der Waals surface area (Å²) in [6.07, 6.45) is -4.55. The second-order valence-electron chi connectivity index (χ2n) is 6.11. The smallest absolute Gasteiger partial charge is 0.406 e. The zero-order chi connectivity index (χ0) is 19.9. The summed E-state index contributed by atoms with van der Waals surface area (Å²) in [7, 11) is 0. The Balaban J connectivity index is 2.42. The van der Waals surface area contributed by atoms with Crippen LogP contribution in [0.1, 0.15) is 21.6 Å². The number of halogens is 3. The highest BCUT2D eigenvalue weighted by Crippen LogP contribution is 2.37. The molecular formula is C19H14F3N3O2. The lowest BCUT2D eigenvalue weighted by Crippen LogP contribution is -2.19. The number of nitrogens with zero attached hydrogens (tertiary/aromatic N) is 2. The molecule has 3 N–H and O–H groups in total. The van der Waals surface area contributed by atoms with Crippen molar-refractivity contribution >= 4 is 16.8 Å². The van der Waals surface area contributed by atoms with Gasteiger partial charge in [0.15, 0.2) is 0 Å². The number of carbonyl (C=O) groups excluding carboxylic acids is 1. The summed E-state index contributed by atoms with van der Waals surface area (Å²) in [4.78, 5) is 11.7. The van der Waals surface area contributed by atoms with Crippen LogP contribution in [0.25, 0.3) is 22.0 Å². The fraction of sp³-hybridized carbons (Fsp3) is 0.158. The van der Waals surface area contributed by atoms with Crippen LogP contribution in [0.15, 0.2) is 36.4 Å². The van der Waals surface area contributed by atoms with Crippen molar-refractivity contribution in [3.63, 3.8) is 0 Å². The van der Waals surface area contributed by atoms with Crippen molar-refractivity contribution in [2.75, 3.05) is 0 Å². The lowest BCUT2D eigenvalue weighted by Gasteiger charge is -2.13. The first-order chi connectivity index (χ1) is 12.6. The minimum Gasteiger partial charge on any atom is -0.508 e. The van der Waals surface area contributed by atoms with E-state index in [9.17, 15) is 28.3 Å². The molecule has 2 aromatic carbocycles. The monoisotopic (exact) mass is 373 g/mol. The number of carbonyl (C=O) groups is 1. The average molecular weight is 373 g/mol. The molecule has 3 rings (SSSR count). The van der Waals surface area contributed by atoms with E-state index in [1.165, 1.54) is 24.3 Å². The predicted molar refractivity (Wildman–Crippen MR) is 93.1 cm³/mol.